The first-order valence-corrected chi connectivity index (χ1v) is 10.5. The molecule has 0 amide bonds. The second-order valence-electron chi connectivity index (χ2n) is 6.28. The van der Waals surface area contributed by atoms with Gasteiger partial charge in [-0.25, -0.2) is 13.4 Å². The highest BCUT2D eigenvalue weighted by atomic mass is 32.2. The fourth-order valence-electron chi connectivity index (χ4n) is 3.07. The third-order valence-corrected chi connectivity index (χ3v) is 7.34. The first-order valence-electron chi connectivity index (χ1n) is 8.24. The average molecular weight is 366 g/mol. The molecule has 0 aliphatic heterocycles. The number of hydrogen-bond donors (Lipinski definition) is 1. The van der Waals surface area contributed by atoms with Crippen LogP contribution in [0.5, 0.6) is 0 Å². The van der Waals surface area contributed by atoms with Crippen LogP contribution in [0.3, 0.4) is 0 Å². The van der Waals surface area contributed by atoms with Gasteiger partial charge in [0.1, 0.15) is 10.0 Å². The van der Waals surface area contributed by atoms with Crippen molar-refractivity contribution >= 4 is 32.9 Å². The molecule has 1 aliphatic carbocycles. The number of aryl methyl sites for hydroxylation is 1. The Morgan fingerprint density at radius 3 is 2.50 bits per heavy atom. The second-order valence-corrected chi connectivity index (χ2v) is 9.48. The van der Waals surface area contributed by atoms with Gasteiger partial charge >= 0.3 is 0 Å². The quantitative estimate of drug-likeness (QED) is 0.869. The molecule has 1 fully saturated rings. The number of aromatic nitrogens is 1. The van der Waals surface area contributed by atoms with Crippen molar-refractivity contribution in [1.82, 2.24) is 4.98 Å². The average Bonchev–Trinajstić information content (AvgIpc) is 3.03. The fourth-order valence-corrected chi connectivity index (χ4v) is 5.40. The van der Waals surface area contributed by atoms with Gasteiger partial charge in [0.05, 0.1) is 11.9 Å². The Balaban J connectivity index is 1.70. The van der Waals surface area contributed by atoms with Crippen molar-refractivity contribution in [3.63, 3.8) is 0 Å². The summed E-state index contributed by atoms with van der Waals surface area (Å²) in [6.45, 7) is 1.89. The van der Waals surface area contributed by atoms with Gasteiger partial charge < -0.3 is 4.90 Å². The molecule has 0 aromatic carbocycles. The minimum atomic E-state index is -3.53. The number of anilines is 2. The van der Waals surface area contributed by atoms with Crippen molar-refractivity contribution < 1.29 is 8.42 Å². The molecule has 0 saturated heterocycles. The minimum absolute atomic E-state index is 0.323. The summed E-state index contributed by atoms with van der Waals surface area (Å²) in [5.41, 5.74) is 0.488. The highest BCUT2D eigenvalue weighted by molar-refractivity contribution is 7.94. The zero-order valence-electron chi connectivity index (χ0n) is 14.0. The van der Waals surface area contributed by atoms with E-state index in [1.54, 1.807) is 24.4 Å². The third-order valence-electron chi connectivity index (χ3n) is 4.46. The van der Waals surface area contributed by atoms with Crippen LogP contribution in [0.4, 0.5) is 11.5 Å². The van der Waals surface area contributed by atoms with Crippen molar-refractivity contribution in [2.75, 3.05) is 16.7 Å². The van der Waals surface area contributed by atoms with Crippen molar-refractivity contribution in [3.8, 4) is 0 Å². The zero-order valence-corrected chi connectivity index (χ0v) is 15.7. The first-order chi connectivity index (χ1) is 11.5. The maximum absolute atomic E-state index is 12.3. The van der Waals surface area contributed by atoms with Crippen LogP contribution in [0, 0.1) is 6.92 Å². The second kappa shape index (κ2) is 7.11. The first kappa shape index (κ1) is 17.2. The third kappa shape index (κ3) is 3.89. The van der Waals surface area contributed by atoms with Crippen molar-refractivity contribution in [1.29, 1.82) is 0 Å². The lowest BCUT2D eigenvalue weighted by molar-refractivity contribution is 0.426. The molecule has 2 heterocycles. The Labute approximate surface area is 147 Å². The molecule has 3 rings (SSSR count). The van der Waals surface area contributed by atoms with Crippen LogP contribution in [-0.4, -0.2) is 26.5 Å². The fraction of sp³-hybridized carbons (Fsp3) is 0.471. The number of sulfonamides is 1. The molecule has 5 nitrogen and oxygen atoms in total. The summed E-state index contributed by atoms with van der Waals surface area (Å²) in [7, 11) is -1.47. The summed E-state index contributed by atoms with van der Waals surface area (Å²) in [6.07, 6.45) is 7.85. The molecule has 1 saturated carbocycles. The summed E-state index contributed by atoms with van der Waals surface area (Å²) in [4.78, 5) is 7.62. The molecule has 24 heavy (non-hydrogen) atoms. The van der Waals surface area contributed by atoms with Crippen LogP contribution in [0.1, 0.15) is 37.0 Å². The molecule has 1 aliphatic rings. The summed E-state index contributed by atoms with van der Waals surface area (Å²) >= 11 is 1.26. The highest BCUT2D eigenvalue weighted by Crippen LogP contribution is 2.27. The predicted molar refractivity (Wildman–Crippen MR) is 99.4 cm³/mol. The normalized spacial score (nSPS) is 16.1. The topological polar surface area (TPSA) is 62.3 Å². The Bertz CT molecular complexity index is 778. The van der Waals surface area contributed by atoms with Crippen LogP contribution < -0.4 is 9.62 Å². The lowest BCUT2D eigenvalue weighted by atomic mass is 9.94. The molecule has 2 aromatic rings. The van der Waals surface area contributed by atoms with E-state index in [1.165, 1.54) is 43.4 Å². The van der Waals surface area contributed by atoms with Gasteiger partial charge in [0.2, 0.25) is 0 Å². The molecule has 1 N–H and O–H groups in total. The molecule has 0 spiro atoms. The maximum Gasteiger partial charge on any atom is 0.271 e. The van der Waals surface area contributed by atoms with Gasteiger partial charge in [-0.1, -0.05) is 19.3 Å². The van der Waals surface area contributed by atoms with Crippen molar-refractivity contribution in [3.05, 3.63) is 35.3 Å². The van der Waals surface area contributed by atoms with E-state index in [0.717, 1.165) is 10.7 Å². The van der Waals surface area contributed by atoms with E-state index in [1.807, 2.05) is 13.0 Å². The summed E-state index contributed by atoms with van der Waals surface area (Å²) in [5.74, 6) is 0.886. The highest BCUT2D eigenvalue weighted by Gasteiger charge is 2.20. The standard InChI is InChI=1S/C17H23N3O2S2/c1-13-8-11-17(23-13)24(21,22)19-14-9-10-16(18-12-14)20(2)15-6-4-3-5-7-15/h8-12,15,19H,3-7H2,1-2H3. The molecule has 0 bridgehead atoms. The number of nitrogens with one attached hydrogen (secondary N) is 1. The van der Waals surface area contributed by atoms with Gasteiger partial charge in [-0.15, -0.1) is 11.3 Å². The van der Waals surface area contributed by atoms with Gasteiger partial charge in [0, 0.05) is 18.0 Å². The van der Waals surface area contributed by atoms with E-state index in [9.17, 15) is 8.42 Å². The monoisotopic (exact) mass is 365 g/mol. The number of rotatable bonds is 5. The molecular weight excluding hydrogens is 342 g/mol. The van der Waals surface area contributed by atoms with Crippen LogP contribution in [0.2, 0.25) is 0 Å². The van der Waals surface area contributed by atoms with Crippen LogP contribution in [0.15, 0.2) is 34.7 Å². The summed E-state index contributed by atoms with van der Waals surface area (Å²) in [6, 6.07) is 7.62. The van der Waals surface area contributed by atoms with Crippen molar-refractivity contribution in [2.24, 2.45) is 0 Å². The maximum atomic E-state index is 12.3. The Morgan fingerprint density at radius 1 is 1.17 bits per heavy atom. The Hall–Kier alpha value is -1.60. The smallest absolute Gasteiger partial charge is 0.271 e. The Morgan fingerprint density at radius 2 is 1.92 bits per heavy atom. The zero-order chi connectivity index (χ0) is 17.2. The SMILES string of the molecule is Cc1ccc(S(=O)(=O)Nc2ccc(N(C)C3CCCCC3)nc2)s1. The van der Waals surface area contributed by atoms with E-state index in [4.69, 9.17) is 0 Å². The number of nitrogens with zero attached hydrogens (tertiary/aromatic N) is 2. The van der Waals surface area contributed by atoms with Crippen LogP contribution >= 0.6 is 11.3 Å². The van der Waals surface area contributed by atoms with E-state index in [0.29, 0.717) is 15.9 Å². The Kier molecular flexibility index (Phi) is 5.10. The van der Waals surface area contributed by atoms with Gasteiger partial charge in [0.25, 0.3) is 10.0 Å². The lowest BCUT2D eigenvalue weighted by Gasteiger charge is -2.32. The number of pyridine rings is 1. The molecule has 0 unspecified atom stereocenters. The molecule has 0 radical (unpaired) electrons. The minimum Gasteiger partial charge on any atom is -0.357 e. The van der Waals surface area contributed by atoms with Gasteiger partial charge in [-0.05, 0) is 44.0 Å². The predicted octanol–water partition coefficient (Wildman–Crippen LogP) is 4.02. The molecule has 7 heteroatoms. The molecule has 2 aromatic heterocycles. The summed E-state index contributed by atoms with van der Waals surface area (Å²) in [5, 5.41) is 0. The van der Waals surface area contributed by atoms with Crippen LogP contribution in [0.25, 0.3) is 0 Å². The van der Waals surface area contributed by atoms with Gasteiger partial charge in [0.15, 0.2) is 0 Å². The van der Waals surface area contributed by atoms with E-state index in [-0.39, 0.29) is 0 Å². The molecule has 0 atom stereocenters. The van der Waals surface area contributed by atoms with Gasteiger partial charge in [-0.3, -0.25) is 4.72 Å². The van der Waals surface area contributed by atoms with E-state index >= 15 is 0 Å². The van der Waals surface area contributed by atoms with E-state index < -0.39 is 10.0 Å². The van der Waals surface area contributed by atoms with Crippen molar-refractivity contribution in [2.45, 2.75) is 49.3 Å². The molecule has 130 valence electrons. The largest absolute Gasteiger partial charge is 0.357 e. The number of thiophene rings is 1. The van der Waals surface area contributed by atoms with Gasteiger partial charge in [-0.2, -0.15) is 0 Å². The van der Waals surface area contributed by atoms with Crippen LogP contribution in [-0.2, 0) is 10.0 Å². The molecular formula is C17H23N3O2S2. The lowest BCUT2D eigenvalue weighted by Crippen LogP contribution is -2.33. The number of hydrogen-bond acceptors (Lipinski definition) is 5. The van der Waals surface area contributed by atoms with E-state index in [2.05, 4.69) is 21.7 Å². The summed E-state index contributed by atoms with van der Waals surface area (Å²) < 4.78 is 27.6.